The van der Waals surface area contributed by atoms with E-state index in [1.165, 1.54) is 16.7 Å². The van der Waals surface area contributed by atoms with E-state index in [1.54, 1.807) is 0 Å². The molecular formula is C15H12BrN. The van der Waals surface area contributed by atoms with Crippen molar-refractivity contribution in [1.29, 1.82) is 5.26 Å². The number of rotatable bonds is 2. The van der Waals surface area contributed by atoms with Gasteiger partial charge in [0.25, 0.3) is 0 Å². The van der Waals surface area contributed by atoms with Crippen molar-refractivity contribution in [3.05, 3.63) is 59.2 Å². The first kappa shape index (κ1) is 11.9. The van der Waals surface area contributed by atoms with E-state index in [1.807, 2.05) is 24.3 Å². The summed E-state index contributed by atoms with van der Waals surface area (Å²) in [5, 5.41) is 9.64. The van der Waals surface area contributed by atoms with Crippen LogP contribution in [0.2, 0.25) is 0 Å². The summed E-state index contributed by atoms with van der Waals surface area (Å²) in [5.74, 6) is 0. The Kier molecular flexibility index (Phi) is 3.61. The Labute approximate surface area is 110 Å². The highest BCUT2D eigenvalue weighted by Gasteiger charge is 2.01. The molecule has 0 N–H and O–H groups in total. The molecule has 0 aliphatic heterocycles. The maximum Gasteiger partial charge on any atom is 0.0991 e. The van der Waals surface area contributed by atoms with Crippen LogP contribution in [0.15, 0.2) is 42.5 Å². The molecule has 0 saturated carbocycles. The number of benzene rings is 2. The van der Waals surface area contributed by atoms with Gasteiger partial charge in [-0.05, 0) is 41.3 Å². The Balaban J connectivity index is 2.40. The van der Waals surface area contributed by atoms with E-state index in [0.29, 0.717) is 5.56 Å². The number of aryl methyl sites for hydroxylation is 1. The van der Waals surface area contributed by atoms with E-state index in [0.717, 1.165) is 10.9 Å². The van der Waals surface area contributed by atoms with Gasteiger partial charge < -0.3 is 0 Å². The van der Waals surface area contributed by atoms with Gasteiger partial charge in [-0.25, -0.2) is 0 Å². The quantitative estimate of drug-likeness (QED) is 0.749. The standard InChI is InChI=1S/C15H12BrN/c1-11-8-14(6-7-15(11)9-16)13-4-2-12(10-17)3-5-13/h2-8H,9H2,1H3. The summed E-state index contributed by atoms with van der Waals surface area (Å²) >= 11 is 3.47. The van der Waals surface area contributed by atoms with E-state index < -0.39 is 0 Å². The van der Waals surface area contributed by atoms with Gasteiger partial charge >= 0.3 is 0 Å². The van der Waals surface area contributed by atoms with E-state index >= 15 is 0 Å². The molecule has 0 aliphatic rings. The molecule has 0 bridgehead atoms. The topological polar surface area (TPSA) is 23.8 Å². The van der Waals surface area contributed by atoms with Crippen LogP contribution in [-0.2, 0) is 5.33 Å². The van der Waals surface area contributed by atoms with Crippen LogP contribution in [0, 0.1) is 18.3 Å². The van der Waals surface area contributed by atoms with E-state index in [9.17, 15) is 0 Å². The molecule has 0 aliphatic carbocycles. The van der Waals surface area contributed by atoms with Crippen LogP contribution < -0.4 is 0 Å². The molecule has 1 nitrogen and oxygen atoms in total. The number of alkyl halides is 1. The third-order valence-electron chi connectivity index (χ3n) is 2.83. The first-order chi connectivity index (χ1) is 8.24. The van der Waals surface area contributed by atoms with E-state index in [4.69, 9.17) is 5.26 Å². The second kappa shape index (κ2) is 5.16. The van der Waals surface area contributed by atoms with Crippen LogP contribution in [0.3, 0.4) is 0 Å². The average Bonchev–Trinajstić information content (AvgIpc) is 2.39. The molecule has 0 atom stereocenters. The lowest BCUT2D eigenvalue weighted by molar-refractivity contribution is 1.32. The minimum absolute atomic E-state index is 0.697. The molecule has 2 heteroatoms. The van der Waals surface area contributed by atoms with Gasteiger partial charge in [0.2, 0.25) is 0 Å². The van der Waals surface area contributed by atoms with Crippen LogP contribution in [-0.4, -0.2) is 0 Å². The second-order valence-electron chi connectivity index (χ2n) is 3.96. The van der Waals surface area contributed by atoms with Crippen molar-refractivity contribution in [2.75, 3.05) is 0 Å². The molecule has 0 heterocycles. The normalized spacial score (nSPS) is 9.94. The summed E-state index contributed by atoms with van der Waals surface area (Å²) < 4.78 is 0. The highest BCUT2D eigenvalue weighted by atomic mass is 79.9. The van der Waals surface area contributed by atoms with Gasteiger partial charge in [-0.15, -0.1) is 0 Å². The summed E-state index contributed by atoms with van der Waals surface area (Å²) in [6, 6.07) is 16.2. The largest absolute Gasteiger partial charge is 0.192 e. The maximum atomic E-state index is 8.76. The minimum Gasteiger partial charge on any atom is -0.192 e. The van der Waals surface area contributed by atoms with E-state index in [2.05, 4.69) is 47.1 Å². The Bertz CT molecular complexity index is 564. The molecule has 0 fully saturated rings. The first-order valence-electron chi connectivity index (χ1n) is 5.40. The molecule has 0 saturated heterocycles. The molecule has 2 aromatic rings. The van der Waals surface area contributed by atoms with Crippen molar-refractivity contribution in [2.24, 2.45) is 0 Å². The SMILES string of the molecule is Cc1cc(-c2ccc(C#N)cc2)ccc1CBr. The number of nitrogens with zero attached hydrogens (tertiary/aromatic N) is 1. The monoisotopic (exact) mass is 285 g/mol. The molecule has 0 amide bonds. The Morgan fingerprint density at radius 2 is 1.71 bits per heavy atom. The number of halogens is 1. The van der Waals surface area contributed by atoms with Crippen molar-refractivity contribution in [3.63, 3.8) is 0 Å². The fourth-order valence-corrected chi connectivity index (χ4v) is 2.39. The molecule has 84 valence electrons. The van der Waals surface area contributed by atoms with Gasteiger partial charge in [0.15, 0.2) is 0 Å². The van der Waals surface area contributed by atoms with Gasteiger partial charge in [0, 0.05) is 5.33 Å². The summed E-state index contributed by atoms with van der Waals surface area (Å²) in [5.41, 5.74) is 5.62. The fourth-order valence-electron chi connectivity index (χ4n) is 1.76. The molecular weight excluding hydrogens is 274 g/mol. The number of hydrogen-bond acceptors (Lipinski definition) is 1. The van der Waals surface area contributed by atoms with Gasteiger partial charge in [-0.1, -0.05) is 46.3 Å². The van der Waals surface area contributed by atoms with E-state index in [-0.39, 0.29) is 0 Å². The van der Waals surface area contributed by atoms with Gasteiger partial charge in [-0.2, -0.15) is 5.26 Å². The number of nitriles is 1. The molecule has 0 radical (unpaired) electrons. The number of hydrogen-bond donors (Lipinski definition) is 0. The highest BCUT2D eigenvalue weighted by molar-refractivity contribution is 9.08. The molecule has 0 unspecified atom stereocenters. The summed E-state index contributed by atoms with van der Waals surface area (Å²) in [7, 11) is 0. The fraction of sp³-hybridized carbons (Fsp3) is 0.133. The van der Waals surface area contributed by atoms with Gasteiger partial charge in [0.05, 0.1) is 11.6 Å². The Hall–Kier alpha value is -1.59. The summed E-state index contributed by atoms with van der Waals surface area (Å²) in [6.45, 7) is 2.11. The zero-order valence-corrected chi connectivity index (χ0v) is 11.2. The lowest BCUT2D eigenvalue weighted by Crippen LogP contribution is -1.86. The van der Waals surface area contributed by atoms with Gasteiger partial charge in [0.1, 0.15) is 0 Å². The van der Waals surface area contributed by atoms with Crippen LogP contribution in [0.1, 0.15) is 16.7 Å². The zero-order chi connectivity index (χ0) is 12.3. The predicted molar refractivity (Wildman–Crippen MR) is 74.0 cm³/mol. The minimum atomic E-state index is 0.697. The summed E-state index contributed by atoms with van der Waals surface area (Å²) in [6.07, 6.45) is 0. The van der Waals surface area contributed by atoms with Crippen LogP contribution in [0.25, 0.3) is 11.1 Å². The summed E-state index contributed by atoms with van der Waals surface area (Å²) in [4.78, 5) is 0. The zero-order valence-electron chi connectivity index (χ0n) is 9.57. The molecule has 2 rings (SSSR count). The third kappa shape index (κ3) is 2.57. The van der Waals surface area contributed by atoms with Crippen molar-refractivity contribution >= 4 is 15.9 Å². The lowest BCUT2D eigenvalue weighted by Gasteiger charge is -2.06. The molecule has 17 heavy (non-hydrogen) atoms. The third-order valence-corrected chi connectivity index (χ3v) is 3.44. The smallest absolute Gasteiger partial charge is 0.0991 e. The van der Waals surface area contributed by atoms with Crippen molar-refractivity contribution in [1.82, 2.24) is 0 Å². The average molecular weight is 286 g/mol. The van der Waals surface area contributed by atoms with Crippen LogP contribution >= 0.6 is 15.9 Å². The second-order valence-corrected chi connectivity index (χ2v) is 4.52. The van der Waals surface area contributed by atoms with Gasteiger partial charge in [-0.3, -0.25) is 0 Å². The predicted octanol–water partition coefficient (Wildman–Crippen LogP) is 4.43. The van der Waals surface area contributed by atoms with Crippen LogP contribution in [0.4, 0.5) is 0 Å². The highest BCUT2D eigenvalue weighted by Crippen LogP contribution is 2.23. The first-order valence-corrected chi connectivity index (χ1v) is 6.53. The maximum absolute atomic E-state index is 8.76. The molecule has 2 aromatic carbocycles. The van der Waals surface area contributed by atoms with Crippen molar-refractivity contribution in [3.8, 4) is 17.2 Å². The van der Waals surface area contributed by atoms with Crippen molar-refractivity contribution in [2.45, 2.75) is 12.3 Å². The van der Waals surface area contributed by atoms with Crippen LogP contribution in [0.5, 0.6) is 0 Å². The Morgan fingerprint density at radius 1 is 1.06 bits per heavy atom. The van der Waals surface area contributed by atoms with Crippen molar-refractivity contribution < 1.29 is 0 Å². The molecule has 0 spiro atoms. The Morgan fingerprint density at radius 3 is 2.24 bits per heavy atom. The lowest BCUT2D eigenvalue weighted by atomic mass is 10.00. The molecule has 0 aromatic heterocycles.